The molecule has 1 heterocycles. The van der Waals surface area contributed by atoms with Crippen LogP contribution in [-0.2, 0) is 11.4 Å². The number of thioether (sulfide) groups is 1. The van der Waals surface area contributed by atoms with Crippen molar-refractivity contribution in [2.45, 2.75) is 6.61 Å². The summed E-state index contributed by atoms with van der Waals surface area (Å²) in [5, 5.41) is 3.86. The number of amides is 1. The molecule has 0 spiro atoms. The molecule has 0 saturated carbocycles. The highest BCUT2D eigenvalue weighted by molar-refractivity contribution is 9.10. The lowest BCUT2D eigenvalue weighted by Crippen LogP contribution is -2.19. The summed E-state index contributed by atoms with van der Waals surface area (Å²) in [4.78, 5) is 17.2. The Bertz CT molecular complexity index is 1270. The van der Waals surface area contributed by atoms with E-state index >= 15 is 0 Å². The summed E-state index contributed by atoms with van der Waals surface area (Å²) < 4.78 is 19.8. The minimum absolute atomic E-state index is 0.237. The van der Waals surface area contributed by atoms with E-state index < -0.39 is 0 Å². The van der Waals surface area contributed by atoms with Crippen LogP contribution in [0.3, 0.4) is 0 Å². The van der Waals surface area contributed by atoms with E-state index in [0.29, 0.717) is 36.0 Å². The monoisotopic (exact) mass is 550 g/mol. The first-order valence-corrected chi connectivity index (χ1v) is 11.7. The Labute approximate surface area is 206 Å². The van der Waals surface area contributed by atoms with Crippen LogP contribution in [-0.4, -0.2) is 11.1 Å². The zero-order valence-corrected chi connectivity index (χ0v) is 20.2. The number of hydrogen-bond donors (Lipinski definition) is 1. The van der Waals surface area contributed by atoms with Crippen LogP contribution in [0.15, 0.2) is 75.0 Å². The fraction of sp³-hybridized carbons (Fsp3) is 0.0435. The number of halogens is 4. The van der Waals surface area contributed by atoms with Gasteiger partial charge in [0.2, 0.25) is 0 Å². The van der Waals surface area contributed by atoms with E-state index in [4.69, 9.17) is 27.9 Å². The van der Waals surface area contributed by atoms with Gasteiger partial charge in [-0.25, -0.2) is 9.38 Å². The zero-order chi connectivity index (χ0) is 22.7. The summed E-state index contributed by atoms with van der Waals surface area (Å²) in [5.41, 5.74) is 2.01. The molecule has 0 atom stereocenters. The van der Waals surface area contributed by atoms with Crippen molar-refractivity contribution in [1.29, 1.82) is 0 Å². The molecule has 0 unspecified atom stereocenters. The van der Waals surface area contributed by atoms with Crippen LogP contribution in [0.4, 0.5) is 10.1 Å². The average Bonchev–Trinajstić information content (AvgIpc) is 3.09. The van der Waals surface area contributed by atoms with Crippen molar-refractivity contribution in [3.63, 3.8) is 0 Å². The van der Waals surface area contributed by atoms with E-state index in [-0.39, 0.29) is 18.3 Å². The molecule has 4 nitrogen and oxygen atoms in total. The molecule has 3 aromatic rings. The van der Waals surface area contributed by atoms with Gasteiger partial charge in [0.05, 0.1) is 25.1 Å². The summed E-state index contributed by atoms with van der Waals surface area (Å²) in [6.45, 7) is 0.237. The molecule has 1 amide bonds. The van der Waals surface area contributed by atoms with Crippen LogP contribution in [0.1, 0.15) is 11.1 Å². The summed E-state index contributed by atoms with van der Waals surface area (Å²) in [5.74, 6) is 0.0484. The van der Waals surface area contributed by atoms with Gasteiger partial charge < -0.3 is 10.1 Å². The Morgan fingerprint density at radius 2 is 1.94 bits per heavy atom. The predicted octanol–water partition coefficient (Wildman–Crippen LogP) is 7.37. The molecule has 4 rings (SSSR count). The van der Waals surface area contributed by atoms with Crippen LogP contribution in [0.5, 0.6) is 5.75 Å². The van der Waals surface area contributed by atoms with Crippen LogP contribution in [0, 0.1) is 5.82 Å². The number of aliphatic imine (C=N–C) groups is 1. The van der Waals surface area contributed by atoms with Crippen molar-refractivity contribution in [3.8, 4) is 5.75 Å². The normalized spacial score (nSPS) is 15.9. The van der Waals surface area contributed by atoms with Gasteiger partial charge in [-0.1, -0.05) is 47.5 Å². The van der Waals surface area contributed by atoms with Crippen molar-refractivity contribution in [2.75, 3.05) is 0 Å². The Kier molecular flexibility index (Phi) is 7.20. The molecular weight excluding hydrogens is 538 g/mol. The highest BCUT2D eigenvalue weighted by atomic mass is 79.9. The smallest absolute Gasteiger partial charge is 0.264 e. The summed E-state index contributed by atoms with van der Waals surface area (Å²) in [7, 11) is 0. The third kappa shape index (κ3) is 5.53. The highest BCUT2D eigenvalue weighted by Gasteiger charge is 2.24. The van der Waals surface area contributed by atoms with Gasteiger partial charge in [0.15, 0.2) is 5.17 Å². The first-order chi connectivity index (χ1) is 15.4. The first kappa shape index (κ1) is 22.9. The maximum atomic E-state index is 13.3. The van der Waals surface area contributed by atoms with Gasteiger partial charge in [-0.2, -0.15) is 0 Å². The zero-order valence-electron chi connectivity index (χ0n) is 16.2. The molecule has 1 aliphatic rings. The average molecular weight is 552 g/mol. The minimum Gasteiger partial charge on any atom is -0.488 e. The Hall–Kier alpha value is -2.32. The Morgan fingerprint density at radius 1 is 1.12 bits per heavy atom. The quantitative estimate of drug-likeness (QED) is 0.337. The van der Waals surface area contributed by atoms with Crippen molar-refractivity contribution in [3.05, 3.63) is 97.0 Å². The van der Waals surface area contributed by atoms with E-state index in [1.165, 1.54) is 23.9 Å². The van der Waals surface area contributed by atoms with E-state index in [9.17, 15) is 9.18 Å². The van der Waals surface area contributed by atoms with Gasteiger partial charge in [0, 0.05) is 0 Å². The maximum Gasteiger partial charge on any atom is 0.264 e. The van der Waals surface area contributed by atoms with E-state index in [1.807, 2.05) is 12.1 Å². The SMILES string of the molecule is O=C1NC(=Nc2cccc(Cl)c2Cl)S/C1=C\c1ccc(OCc2cccc(F)c2)c(Br)c1. The molecule has 1 saturated heterocycles. The van der Waals surface area contributed by atoms with Crippen molar-refractivity contribution < 1.29 is 13.9 Å². The van der Waals surface area contributed by atoms with Crippen LogP contribution in [0.2, 0.25) is 10.0 Å². The second-order valence-electron chi connectivity index (χ2n) is 6.66. The number of nitrogens with one attached hydrogen (secondary N) is 1. The molecule has 0 aromatic heterocycles. The molecule has 3 aromatic carbocycles. The van der Waals surface area contributed by atoms with Gasteiger partial charge in [-0.05, 0) is 81.3 Å². The molecule has 9 heteroatoms. The number of carbonyl (C=O) groups excluding carboxylic acids is 1. The van der Waals surface area contributed by atoms with Gasteiger partial charge in [0.25, 0.3) is 5.91 Å². The minimum atomic E-state index is -0.306. The molecular formula is C23H14BrCl2FN2O2S. The van der Waals surface area contributed by atoms with E-state index in [2.05, 4.69) is 26.2 Å². The molecule has 0 bridgehead atoms. The largest absolute Gasteiger partial charge is 0.488 e. The third-order valence-electron chi connectivity index (χ3n) is 4.34. The highest BCUT2D eigenvalue weighted by Crippen LogP contribution is 2.35. The predicted molar refractivity (Wildman–Crippen MR) is 132 cm³/mol. The second kappa shape index (κ2) is 10.1. The summed E-state index contributed by atoms with van der Waals surface area (Å²) >= 11 is 16.9. The first-order valence-electron chi connectivity index (χ1n) is 9.29. The summed E-state index contributed by atoms with van der Waals surface area (Å²) in [6, 6.07) is 16.8. The molecule has 0 aliphatic carbocycles. The summed E-state index contributed by atoms with van der Waals surface area (Å²) in [6.07, 6.45) is 1.75. The van der Waals surface area contributed by atoms with Gasteiger partial charge in [0.1, 0.15) is 18.2 Å². The number of ether oxygens (including phenoxy) is 1. The Morgan fingerprint density at radius 3 is 2.72 bits per heavy atom. The molecule has 162 valence electrons. The number of benzene rings is 3. The fourth-order valence-corrected chi connectivity index (χ4v) is 4.52. The maximum absolute atomic E-state index is 13.3. The number of nitrogens with zero attached hydrogens (tertiary/aromatic N) is 1. The molecule has 0 radical (unpaired) electrons. The van der Waals surface area contributed by atoms with Gasteiger partial charge in [-0.15, -0.1) is 0 Å². The van der Waals surface area contributed by atoms with Crippen molar-refractivity contribution in [1.82, 2.24) is 5.32 Å². The number of hydrogen-bond acceptors (Lipinski definition) is 4. The topological polar surface area (TPSA) is 50.7 Å². The molecule has 32 heavy (non-hydrogen) atoms. The molecule has 1 fully saturated rings. The number of amidine groups is 1. The van der Waals surface area contributed by atoms with Crippen LogP contribution < -0.4 is 10.1 Å². The van der Waals surface area contributed by atoms with Gasteiger partial charge >= 0.3 is 0 Å². The third-order valence-corrected chi connectivity index (χ3v) is 6.68. The second-order valence-corrected chi connectivity index (χ2v) is 9.33. The fourth-order valence-electron chi connectivity index (χ4n) is 2.83. The Balaban J connectivity index is 1.47. The van der Waals surface area contributed by atoms with Crippen LogP contribution >= 0.6 is 50.9 Å². The number of carbonyl (C=O) groups is 1. The lowest BCUT2D eigenvalue weighted by Gasteiger charge is -2.09. The lowest BCUT2D eigenvalue weighted by molar-refractivity contribution is -0.115. The lowest BCUT2D eigenvalue weighted by atomic mass is 10.2. The molecule has 1 aliphatic heterocycles. The van der Waals surface area contributed by atoms with Crippen molar-refractivity contribution in [2.24, 2.45) is 4.99 Å². The van der Waals surface area contributed by atoms with Crippen molar-refractivity contribution >= 4 is 73.7 Å². The van der Waals surface area contributed by atoms with E-state index in [1.54, 1.807) is 42.5 Å². The number of rotatable bonds is 5. The van der Waals surface area contributed by atoms with E-state index in [0.717, 1.165) is 11.1 Å². The standard InChI is InChI=1S/C23H14BrCl2FN2O2S/c24-16-10-13(7-8-19(16)31-12-14-3-1-4-15(27)9-14)11-20-22(30)29-23(32-20)28-18-6-2-5-17(25)21(18)26/h1-11H,12H2,(H,28,29,30)/b20-11-. The van der Waals surface area contributed by atoms with Gasteiger partial charge in [-0.3, -0.25) is 4.79 Å². The van der Waals surface area contributed by atoms with Crippen LogP contribution in [0.25, 0.3) is 6.08 Å². The molecule has 1 N–H and O–H groups in total.